The Kier molecular flexibility index (Phi) is 7.43. The summed E-state index contributed by atoms with van der Waals surface area (Å²) in [5.74, 6) is 0.423. The van der Waals surface area contributed by atoms with Gasteiger partial charge in [0.25, 0.3) is 5.56 Å². The highest BCUT2D eigenvalue weighted by molar-refractivity contribution is 6.32. The van der Waals surface area contributed by atoms with E-state index in [0.29, 0.717) is 23.8 Å². The van der Waals surface area contributed by atoms with Crippen LogP contribution in [-0.2, 0) is 11.8 Å². The van der Waals surface area contributed by atoms with E-state index in [0.717, 1.165) is 37.3 Å². The number of hydrogen-bond donors (Lipinski definition) is 1. The lowest BCUT2D eigenvalue weighted by molar-refractivity contribution is 0.0595. The van der Waals surface area contributed by atoms with E-state index in [-0.39, 0.29) is 10.6 Å². The summed E-state index contributed by atoms with van der Waals surface area (Å²) < 4.78 is 8.54. The van der Waals surface area contributed by atoms with Crippen LogP contribution in [0.5, 0.6) is 0 Å². The molecule has 1 aliphatic heterocycles. The van der Waals surface area contributed by atoms with Crippen LogP contribution < -0.4 is 10.9 Å². The number of ether oxygens (including phenoxy) is 1. The summed E-state index contributed by atoms with van der Waals surface area (Å²) in [4.78, 5) is 12.7. The lowest BCUT2D eigenvalue weighted by Gasteiger charge is -2.22. The van der Waals surface area contributed by atoms with Gasteiger partial charge in [-0.1, -0.05) is 23.7 Å². The molecule has 1 fully saturated rings. The molecule has 7 nitrogen and oxygen atoms in total. The fourth-order valence-electron chi connectivity index (χ4n) is 3.31. The van der Waals surface area contributed by atoms with Crippen molar-refractivity contribution in [3.8, 4) is 16.9 Å². The third-order valence-corrected chi connectivity index (χ3v) is 5.24. The summed E-state index contributed by atoms with van der Waals surface area (Å²) in [5.41, 5.74) is 2.70. The third-order valence-electron chi connectivity index (χ3n) is 4.88. The van der Waals surface area contributed by atoms with Crippen LogP contribution in [0.1, 0.15) is 12.8 Å². The molecule has 30 heavy (non-hydrogen) atoms. The average molecular weight is 428 g/mol. The van der Waals surface area contributed by atoms with E-state index in [9.17, 15) is 4.79 Å². The number of aryl methyl sites for hydroxylation is 1. The van der Waals surface area contributed by atoms with Crippen molar-refractivity contribution in [2.24, 2.45) is 13.0 Å². The van der Waals surface area contributed by atoms with Crippen molar-refractivity contribution in [2.75, 3.05) is 25.1 Å². The fourth-order valence-corrected chi connectivity index (χ4v) is 3.50. The monoisotopic (exact) mass is 427 g/mol. The number of benzene rings is 1. The Morgan fingerprint density at radius 1 is 1.27 bits per heavy atom. The minimum Gasteiger partial charge on any atom is -0.382 e. The molecule has 0 amide bonds. The minimum absolute atomic E-state index is 0.139. The van der Waals surface area contributed by atoms with Crippen LogP contribution in [-0.4, -0.2) is 39.3 Å². The van der Waals surface area contributed by atoms with Gasteiger partial charge >= 0.3 is 0 Å². The molecule has 8 heteroatoms. The fraction of sp³-hybridized carbons (Fsp3) is 0.318. The molecular formula is C22H26ClN5O2. The zero-order chi connectivity index (χ0) is 21.5. The van der Waals surface area contributed by atoms with Crippen molar-refractivity contribution < 1.29 is 4.74 Å². The maximum atomic E-state index is 12.7. The Labute approximate surface area is 180 Å². The molecule has 0 spiro atoms. The molecule has 1 aliphatic rings. The molecule has 1 unspecified atom stereocenters. The highest BCUT2D eigenvalue weighted by atomic mass is 35.5. The van der Waals surface area contributed by atoms with Gasteiger partial charge in [-0.05, 0) is 37.0 Å². The van der Waals surface area contributed by atoms with Gasteiger partial charge in [-0.2, -0.15) is 14.9 Å². The molecular weight excluding hydrogens is 402 g/mol. The maximum Gasteiger partial charge on any atom is 0.292 e. The lowest BCUT2D eigenvalue weighted by Crippen LogP contribution is -2.26. The molecule has 158 valence electrons. The molecule has 1 saturated heterocycles. The van der Waals surface area contributed by atoms with E-state index in [1.807, 2.05) is 43.6 Å². The van der Waals surface area contributed by atoms with Gasteiger partial charge in [0.2, 0.25) is 0 Å². The van der Waals surface area contributed by atoms with E-state index >= 15 is 0 Å². The van der Waals surface area contributed by atoms with Gasteiger partial charge in [0.05, 0.1) is 29.9 Å². The Morgan fingerprint density at radius 3 is 2.67 bits per heavy atom. The smallest absolute Gasteiger partial charge is 0.292 e. The van der Waals surface area contributed by atoms with E-state index < -0.39 is 0 Å². The number of rotatable bonds is 5. The third kappa shape index (κ3) is 4.98. The summed E-state index contributed by atoms with van der Waals surface area (Å²) in [6.45, 7) is 8.27. The second kappa shape index (κ2) is 10.2. The van der Waals surface area contributed by atoms with Crippen molar-refractivity contribution in [3.05, 3.63) is 71.3 Å². The van der Waals surface area contributed by atoms with Gasteiger partial charge < -0.3 is 10.1 Å². The zero-order valence-corrected chi connectivity index (χ0v) is 17.8. The molecule has 3 heterocycles. The Hall–Kier alpha value is -2.90. The van der Waals surface area contributed by atoms with Gasteiger partial charge in [-0.3, -0.25) is 9.48 Å². The van der Waals surface area contributed by atoms with Crippen LogP contribution in [0.15, 0.2) is 60.7 Å². The van der Waals surface area contributed by atoms with Crippen molar-refractivity contribution in [1.29, 1.82) is 0 Å². The topological polar surface area (TPSA) is 74.0 Å². The first-order valence-electron chi connectivity index (χ1n) is 9.82. The van der Waals surface area contributed by atoms with E-state index in [2.05, 4.69) is 28.7 Å². The number of hydrogen-bond acceptors (Lipinski definition) is 5. The summed E-state index contributed by atoms with van der Waals surface area (Å²) >= 11 is 6.32. The predicted molar refractivity (Wildman–Crippen MR) is 120 cm³/mol. The van der Waals surface area contributed by atoms with Crippen LogP contribution in [0.4, 0.5) is 5.69 Å². The number of nitrogens with one attached hydrogen (secondary N) is 1. The van der Waals surface area contributed by atoms with Crippen molar-refractivity contribution in [3.63, 3.8) is 0 Å². The molecule has 1 aromatic carbocycles. The first-order valence-corrected chi connectivity index (χ1v) is 10.2. The zero-order valence-electron chi connectivity index (χ0n) is 17.1. The standard InChI is InChI=1S/C20H22ClN5O2.C2H4/c1-25-9-8-17(24-25)15-4-6-16(7-5-15)26-20(27)19(21)18(12-23-26)22-11-14-3-2-10-28-13-14;1-2/h4-9,12,14,22H,2-3,10-11,13H2,1H3;1-2H2. The van der Waals surface area contributed by atoms with Crippen molar-refractivity contribution >= 4 is 17.3 Å². The molecule has 1 atom stereocenters. The average Bonchev–Trinajstić information content (AvgIpc) is 3.23. The lowest BCUT2D eigenvalue weighted by atomic mass is 10.0. The van der Waals surface area contributed by atoms with Crippen LogP contribution >= 0.6 is 11.6 Å². The van der Waals surface area contributed by atoms with Crippen molar-refractivity contribution in [1.82, 2.24) is 19.6 Å². The molecule has 4 rings (SSSR count). The van der Waals surface area contributed by atoms with Gasteiger partial charge in [0, 0.05) is 32.0 Å². The summed E-state index contributed by atoms with van der Waals surface area (Å²) in [6, 6.07) is 9.43. The second-order valence-electron chi connectivity index (χ2n) is 6.97. The van der Waals surface area contributed by atoms with Crippen LogP contribution in [0.25, 0.3) is 16.9 Å². The normalized spacial score (nSPS) is 15.9. The van der Waals surface area contributed by atoms with Crippen LogP contribution in [0.3, 0.4) is 0 Å². The first-order chi connectivity index (χ1) is 14.6. The van der Waals surface area contributed by atoms with Gasteiger partial charge in [0.15, 0.2) is 0 Å². The molecule has 0 saturated carbocycles. The predicted octanol–water partition coefficient (Wildman–Crippen LogP) is 3.93. The Morgan fingerprint density at radius 2 is 2.03 bits per heavy atom. The summed E-state index contributed by atoms with van der Waals surface area (Å²) in [5, 5.41) is 12.0. The highest BCUT2D eigenvalue weighted by Crippen LogP contribution is 2.21. The maximum absolute atomic E-state index is 12.7. The summed E-state index contributed by atoms with van der Waals surface area (Å²) in [7, 11) is 1.88. The SMILES string of the molecule is C=C.Cn1ccc(-c2ccc(-n3ncc(NCC4CCCOC4)c(Cl)c3=O)cc2)n1. The van der Waals surface area contributed by atoms with Gasteiger partial charge in [-0.15, -0.1) is 13.2 Å². The largest absolute Gasteiger partial charge is 0.382 e. The van der Waals surface area contributed by atoms with Crippen LogP contribution in [0.2, 0.25) is 5.02 Å². The highest BCUT2D eigenvalue weighted by Gasteiger charge is 2.16. The van der Waals surface area contributed by atoms with E-state index in [4.69, 9.17) is 16.3 Å². The number of nitrogens with zero attached hydrogens (tertiary/aromatic N) is 4. The molecule has 0 bridgehead atoms. The second-order valence-corrected chi connectivity index (χ2v) is 7.35. The van der Waals surface area contributed by atoms with Gasteiger partial charge in [0.1, 0.15) is 5.02 Å². The summed E-state index contributed by atoms with van der Waals surface area (Å²) in [6.07, 6.45) is 5.66. The minimum atomic E-state index is -0.350. The molecule has 0 radical (unpaired) electrons. The van der Waals surface area contributed by atoms with Crippen LogP contribution in [0, 0.1) is 5.92 Å². The molecule has 1 N–H and O–H groups in total. The Balaban J connectivity index is 0.00000124. The van der Waals surface area contributed by atoms with E-state index in [1.54, 1.807) is 10.9 Å². The van der Waals surface area contributed by atoms with E-state index in [1.165, 1.54) is 4.68 Å². The number of halogens is 1. The quantitative estimate of drug-likeness (QED) is 0.624. The number of aromatic nitrogens is 4. The molecule has 0 aliphatic carbocycles. The Bertz CT molecular complexity index is 1020. The van der Waals surface area contributed by atoms with Crippen molar-refractivity contribution in [2.45, 2.75) is 12.8 Å². The van der Waals surface area contributed by atoms with Gasteiger partial charge in [-0.25, -0.2) is 0 Å². The first kappa shape index (κ1) is 21.8. The molecule has 2 aromatic heterocycles. The number of anilines is 1. The molecule has 3 aromatic rings.